The minimum atomic E-state index is -0.614. The fourth-order valence-electron chi connectivity index (χ4n) is 4.85. The number of rotatable bonds is 11. The predicted octanol–water partition coefficient (Wildman–Crippen LogP) is 5.26. The van der Waals surface area contributed by atoms with E-state index < -0.39 is 22.0 Å². The van der Waals surface area contributed by atoms with Crippen LogP contribution in [0.2, 0.25) is 0 Å². The van der Waals surface area contributed by atoms with Crippen molar-refractivity contribution in [2.24, 2.45) is 0 Å². The van der Waals surface area contributed by atoms with Gasteiger partial charge in [-0.05, 0) is 75.4 Å². The number of hydrogen-bond acceptors (Lipinski definition) is 10. The summed E-state index contributed by atoms with van der Waals surface area (Å²) < 4.78 is 7.06. The number of aromatic nitrogens is 3. The number of amides is 2. The average molecular weight is 635 g/mol. The van der Waals surface area contributed by atoms with E-state index in [0.29, 0.717) is 21.5 Å². The van der Waals surface area contributed by atoms with Crippen molar-refractivity contribution in [3.63, 3.8) is 0 Å². The molecule has 0 fully saturated rings. The van der Waals surface area contributed by atoms with Gasteiger partial charge >= 0.3 is 5.97 Å². The summed E-state index contributed by atoms with van der Waals surface area (Å²) >= 11 is 2.62. The molecular formula is C30H30N6O6S2. The number of nitrogens with zero attached hydrogens (tertiary/aromatic N) is 4. The first-order chi connectivity index (χ1) is 21.2. The minimum absolute atomic E-state index is 0.0154. The topological polar surface area (TPSA) is 158 Å². The second-order valence-electron chi connectivity index (χ2n) is 10.1. The quantitative estimate of drug-likeness (QED) is 0.0971. The zero-order valence-corrected chi connectivity index (χ0v) is 25.9. The van der Waals surface area contributed by atoms with Gasteiger partial charge in [0.2, 0.25) is 5.91 Å². The molecule has 2 amide bonds. The van der Waals surface area contributed by atoms with Crippen LogP contribution in [0.4, 0.5) is 10.7 Å². The van der Waals surface area contributed by atoms with Gasteiger partial charge in [-0.3, -0.25) is 24.3 Å². The summed E-state index contributed by atoms with van der Waals surface area (Å²) in [7, 11) is 0. The summed E-state index contributed by atoms with van der Waals surface area (Å²) in [6, 6.07) is 13.0. The van der Waals surface area contributed by atoms with E-state index in [9.17, 15) is 24.5 Å². The molecule has 2 N–H and O–H groups in total. The van der Waals surface area contributed by atoms with Gasteiger partial charge in [-0.1, -0.05) is 23.9 Å². The van der Waals surface area contributed by atoms with Gasteiger partial charge in [0.1, 0.15) is 5.00 Å². The van der Waals surface area contributed by atoms with Crippen molar-refractivity contribution in [1.29, 1.82) is 0 Å². The van der Waals surface area contributed by atoms with Crippen molar-refractivity contribution in [2.45, 2.75) is 57.0 Å². The Hall–Kier alpha value is -4.56. The summed E-state index contributed by atoms with van der Waals surface area (Å²) in [5.41, 5.74) is 3.31. The van der Waals surface area contributed by atoms with Crippen LogP contribution in [0.5, 0.6) is 0 Å². The molecule has 0 spiro atoms. The third-order valence-electron chi connectivity index (χ3n) is 7.00. The Bertz CT molecular complexity index is 1730. The van der Waals surface area contributed by atoms with Gasteiger partial charge in [-0.15, -0.1) is 21.5 Å². The number of thiophene rings is 1. The van der Waals surface area contributed by atoms with Crippen molar-refractivity contribution in [3.05, 3.63) is 91.6 Å². The fourth-order valence-corrected chi connectivity index (χ4v) is 7.02. The van der Waals surface area contributed by atoms with Crippen LogP contribution >= 0.6 is 23.1 Å². The Morgan fingerprint density at radius 2 is 1.93 bits per heavy atom. The number of esters is 1. The van der Waals surface area contributed by atoms with E-state index in [1.54, 1.807) is 18.4 Å². The lowest BCUT2D eigenvalue weighted by Crippen LogP contribution is -2.25. The normalized spacial score (nSPS) is 12.8. The number of thioether (sulfide) groups is 1. The number of nitro benzene ring substituents is 1. The highest BCUT2D eigenvalue weighted by Crippen LogP contribution is 2.40. The summed E-state index contributed by atoms with van der Waals surface area (Å²) in [5.74, 6) is -0.726. The molecule has 5 rings (SSSR count). The lowest BCUT2D eigenvalue weighted by Gasteiger charge is -2.15. The molecule has 4 aromatic rings. The lowest BCUT2D eigenvalue weighted by atomic mass is 10.1. The lowest BCUT2D eigenvalue weighted by molar-refractivity contribution is -0.384. The van der Waals surface area contributed by atoms with E-state index >= 15 is 0 Å². The first-order valence-electron chi connectivity index (χ1n) is 14.0. The molecule has 0 unspecified atom stereocenters. The molecule has 2 heterocycles. The van der Waals surface area contributed by atoms with Crippen LogP contribution in [0.3, 0.4) is 0 Å². The molecular weight excluding hydrogens is 605 g/mol. The Balaban J connectivity index is 1.35. The molecule has 1 aliphatic rings. The third-order valence-corrected chi connectivity index (χ3v) is 9.25. The van der Waals surface area contributed by atoms with Crippen molar-refractivity contribution in [1.82, 2.24) is 20.1 Å². The van der Waals surface area contributed by atoms with E-state index in [-0.39, 0.29) is 30.3 Å². The van der Waals surface area contributed by atoms with Crippen LogP contribution in [0.25, 0.3) is 5.69 Å². The monoisotopic (exact) mass is 634 g/mol. The van der Waals surface area contributed by atoms with Gasteiger partial charge in [-0.2, -0.15) is 0 Å². The first kappa shape index (κ1) is 30.9. The number of anilines is 1. The zero-order valence-electron chi connectivity index (χ0n) is 24.3. The number of aryl methyl sites for hydroxylation is 2. The Morgan fingerprint density at radius 1 is 1.16 bits per heavy atom. The standard InChI is InChI=1S/C30H30N6O6S2/c1-4-42-29(39)25-22-9-6-10-23(22)44-28(25)32-26(37)18(3)43-30-34-33-24(35(30)21-8-5-7-17(2)15-21)16-31-27(38)19-11-13-20(14-12-19)36(40)41/h5,7-8,11-15,18H,4,6,9-10,16H2,1-3H3,(H,31,38)(H,32,37)/t18-/m1/s1. The fraction of sp³-hybridized carbons (Fsp3) is 0.300. The van der Waals surface area contributed by atoms with Crippen LogP contribution in [0.15, 0.2) is 53.7 Å². The predicted molar refractivity (Wildman–Crippen MR) is 167 cm³/mol. The van der Waals surface area contributed by atoms with Gasteiger partial charge in [-0.25, -0.2) is 4.79 Å². The summed E-state index contributed by atoms with van der Waals surface area (Å²) in [5, 5.41) is 25.7. The molecule has 1 atom stereocenters. The van der Waals surface area contributed by atoms with Crippen LogP contribution in [0.1, 0.15) is 62.8 Å². The molecule has 12 nitrogen and oxygen atoms in total. The van der Waals surface area contributed by atoms with Gasteiger partial charge in [0.15, 0.2) is 11.0 Å². The number of benzene rings is 2. The Kier molecular flexibility index (Phi) is 9.40. The first-order valence-corrected chi connectivity index (χ1v) is 15.7. The number of carbonyl (C=O) groups excluding carboxylic acids is 3. The molecule has 0 radical (unpaired) electrons. The second-order valence-corrected chi connectivity index (χ2v) is 12.5. The van der Waals surface area contributed by atoms with E-state index in [1.807, 2.05) is 31.2 Å². The van der Waals surface area contributed by atoms with Gasteiger partial charge < -0.3 is 15.4 Å². The second kappa shape index (κ2) is 13.4. The number of nitro groups is 1. The van der Waals surface area contributed by atoms with E-state index in [0.717, 1.165) is 41.0 Å². The van der Waals surface area contributed by atoms with Crippen molar-refractivity contribution >= 4 is 51.6 Å². The van der Waals surface area contributed by atoms with E-state index in [2.05, 4.69) is 20.8 Å². The molecule has 0 aliphatic heterocycles. The molecule has 0 saturated carbocycles. The maximum Gasteiger partial charge on any atom is 0.341 e. The largest absolute Gasteiger partial charge is 0.462 e. The maximum atomic E-state index is 13.4. The summed E-state index contributed by atoms with van der Waals surface area (Å²) in [6.07, 6.45) is 2.62. The minimum Gasteiger partial charge on any atom is -0.462 e. The number of carbonyl (C=O) groups is 3. The van der Waals surface area contributed by atoms with Gasteiger partial charge in [0.25, 0.3) is 11.6 Å². The molecule has 0 saturated heterocycles. The van der Waals surface area contributed by atoms with Crippen LogP contribution in [0, 0.1) is 17.0 Å². The van der Waals surface area contributed by atoms with Crippen LogP contribution < -0.4 is 10.6 Å². The molecule has 228 valence electrons. The number of nitrogens with one attached hydrogen (secondary N) is 2. The molecule has 2 aromatic heterocycles. The maximum absolute atomic E-state index is 13.4. The number of hydrogen-bond donors (Lipinski definition) is 2. The van der Waals surface area contributed by atoms with Gasteiger partial charge in [0, 0.05) is 28.3 Å². The SMILES string of the molecule is CCOC(=O)c1c(NC(=O)[C@@H](C)Sc2nnc(CNC(=O)c3ccc([N+](=O)[O-])cc3)n2-c2cccc(C)c2)sc2c1CCC2. The van der Waals surface area contributed by atoms with Crippen LogP contribution in [-0.2, 0) is 28.9 Å². The van der Waals surface area contributed by atoms with E-state index in [4.69, 9.17) is 4.74 Å². The smallest absolute Gasteiger partial charge is 0.341 e. The average Bonchev–Trinajstić information content (AvgIpc) is 3.70. The summed E-state index contributed by atoms with van der Waals surface area (Å²) in [6.45, 7) is 5.71. The molecule has 1 aliphatic carbocycles. The molecule has 0 bridgehead atoms. The molecule has 44 heavy (non-hydrogen) atoms. The number of fused-ring (bicyclic) bond motifs is 1. The highest BCUT2D eigenvalue weighted by Gasteiger charge is 2.30. The van der Waals surface area contributed by atoms with Crippen molar-refractivity contribution in [2.75, 3.05) is 11.9 Å². The number of non-ortho nitro benzene ring substituents is 1. The Labute approximate surface area is 261 Å². The van der Waals surface area contributed by atoms with Crippen molar-refractivity contribution in [3.8, 4) is 5.69 Å². The zero-order chi connectivity index (χ0) is 31.4. The highest BCUT2D eigenvalue weighted by atomic mass is 32.2. The van der Waals surface area contributed by atoms with E-state index in [1.165, 1.54) is 47.4 Å². The van der Waals surface area contributed by atoms with Gasteiger partial charge in [0.05, 0.1) is 28.9 Å². The molecule has 2 aromatic carbocycles. The Morgan fingerprint density at radius 3 is 2.64 bits per heavy atom. The van der Waals surface area contributed by atoms with Crippen LogP contribution in [-0.4, -0.2) is 49.3 Å². The molecule has 14 heteroatoms. The third kappa shape index (κ3) is 6.65. The number of ether oxygens (including phenoxy) is 1. The summed E-state index contributed by atoms with van der Waals surface area (Å²) in [4.78, 5) is 50.4. The van der Waals surface area contributed by atoms with Crippen molar-refractivity contribution < 1.29 is 24.0 Å². The highest BCUT2D eigenvalue weighted by molar-refractivity contribution is 8.00.